The van der Waals surface area contributed by atoms with Gasteiger partial charge in [0.15, 0.2) is 0 Å². The van der Waals surface area contributed by atoms with Gasteiger partial charge in [-0.1, -0.05) is 50.2 Å². The first-order valence-corrected chi connectivity index (χ1v) is 7.82. The molecular weight excluding hydrogens is 262 g/mol. The Morgan fingerprint density at radius 1 is 1.24 bits per heavy atom. The number of nitrogens with one attached hydrogen (secondary N) is 1. The van der Waals surface area contributed by atoms with Crippen molar-refractivity contribution in [3.63, 3.8) is 0 Å². The molecule has 3 rings (SSSR count). The average molecular weight is 285 g/mol. The summed E-state index contributed by atoms with van der Waals surface area (Å²) in [6.07, 6.45) is 2.42. The number of piperidine rings is 1. The predicted octanol–water partition coefficient (Wildman–Crippen LogP) is 3.92. The van der Waals surface area contributed by atoms with Gasteiger partial charge in [-0.2, -0.15) is 4.98 Å². The zero-order chi connectivity index (χ0) is 14.8. The van der Waals surface area contributed by atoms with Crippen LogP contribution in [0, 0.1) is 5.92 Å². The molecule has 1 N–H and O–H groups in total. The fourth-order valence-electron chi connectivity index (χ4n) is 2.88. The Hall–Kier alpha value is -1.68. The minimum atomic E-state index is 0.190. The second-order valence-electron chi connectivity index (χ2n) is 6.28. The zero-order valence-corrected chi connectivity index (χ0v) is 13.0. The lowest BCUT2D eigenvalue weighted by Gasteiger charge is -2.26. The molecule has 2 heterocycles. The molecule has 4 nitrogen and oxygen atoms in total. The first kappa shape index (κ1) is 14.3. The van der Waals surface area contributed by atoms with E-state index in [4.69, 9.17) is 4.52 Å². The van der Waals surface area contributed by atoms with Gasteiger partial charge < -0.3 is 9.84 Å². The van der Waals surface area contributed by atoms with E-state index < -0.39 is 0 Å². The van der Waals surface area contributed by atoms with E-state index in [0.717, 1.165) is 12.1 Å². The second-order valence-corrected chi connectivity index (χ2v) is 6.28. The lowest BCUT2D eigenvalue weighted by atomic mass is 9.93. The van der Waals surface area contributed by atoms with Crippen molar-refractivity contribution in [3.05, 3.63) is 35.7 Å². The summed E-state index contributed by atoms with van der Waals surface area (Å²) in [5, 5.41) is 7.62. The van der Waals surface area contributed by atoms with Gasteiger partial charge in [-0.25, -0.2) is 0 Å². The molecule has 1 aliphatic rings. The molecule has 1 fully saturated rings. The average Bonchev–Trinajstić information content (AvgIpc) is 2.97. The Bertz CT molecular complexity index is 588. The summed E-state index contributed by atoms with van der Waals surface area (Å²) >= 11 is 0. The Morgan fingerprint density at radius 3 is 2.67 bits per heavy atom. The molecule has 0 saturated carbocycles. The lowest BCUT2D eigenvalue weighted by Crippen LogP contribution is -2.33. The summed E-state index contributed by atoms with van der Waals surface area (Å²) in [6, 6.07) is 8.60. The first-order valence-electron chi connectivity index (χ1n) is 7.82. The van der Waals surface area contributed by atoms with E-state index in [9.17, 15) is 0 Å². The van der Waals surface area contributed by atoms with E-state index in [-0.39, 0.29) is 6.04 Å². The van der Waals surface area contributed by atoms with Gasteiger partial charge in [0.2, 0.25) is 11.7 Å². The molecule has 1 aliphatic heterocycles. The maximum Gasteiger partial charge on any atom is 0.244 e. The molecule has 1 saturated heterocycles. The van der Waals surface area contributed by atoms with Crippen LogP contribution < -0.4 is 5.32 Å². The number of aromatic nitrogens is 2. The van der Waals surface area contributed by atoms with E-state index in [1.165, 1.54) is 18.4 Å². The van der Waals surface area contributed by atoms with Crippen molar-refractivity contribution in [2.45, 2.75) is 45.6 Å². The van der Waals surface area contributed by atoms with Crippen LogP contribution >= 0.6 is 0 Å². The fraction of sp³-hybridized carbons (Fsp3) is 0.529. The Kier molecular flexibility index (Phi) is 4.06. The van der Waals surface area contributed by atoms with Crippen molar-refractivity contribution in [3.8, 4) is 11.4 Å². The highest BCUT2D eigenvalue weighted by atomic mass is 16.5. The third-order valence-electron chi connectivity index (χ3n) is 4.31. The summed E-state index contributed by atoms with van der Waals surface area (Å²) in [5.74, 6) is 2.47. The van der Waals surface area contributed by atoms with Crippen molar-refractivity contribution in [2.75, 3.05) is 6.54 Å². The number of hydrogen-bond donors (Lipinski definition) is 1. The van der Waals surface area contributed by atoms with Gasteiger partial charge in [0.05, 0.1) is 6.04 Å². The van der Waals surface area contributed by atoms with Crippen molar-refractivity contribution < 1.29 is 4.52 Å². The van der Waals surface area contributed by atoms with E-state index in [2.05, 4.69) is 60.5 Å². The fourth-order valence-corrected chi connectivity index (χ4v) is 2.88. The van der Waals surface area contributed by atoms with Crippen molar-refractivity contribution in [2.24, 2.45) is 5.92 Å². The monoisotopic (exact) mass is 285 g/mol. The SMILES string of the molecule is CC(C)c1ccc(-c2noc(C3NCCCC3C)n2)cc1. The van der Waals surface area contributed by atoms with Crippen LogP contribution in [0.5, 0.6) is 0 Å². The Morgan fingerprint density at radius 2 is 2.00 bits per heavy atom. The third kappa shape index (κ3) is 3.00. The Labute approximate surface area is 126 Å². The minimum Gasteiger partial charge on any atom is -0.337 e. The molecule has 0 aliphatic carbocycles. The van der Waals surface area contributed by atoms with Crippen LogP contribution in [0.3, 0.4) is 0 Å². The van der Waals surface area contributed by atoms with Gasteiger partial charge in [-0.3, -0.25) is 0 Å². The molecule has 0 spiro atoms. The van der Waals surface area contributed by atoms with Crippen LogP contribution in [-0.2, 0) is 0 Å². The molecule has 1 aromatic carbocycles. The number of rotatable bonds is 3. The Balaban J connectivity index is 1.81. The smallest absolute Gasteiger partial charge is 0.244 e. The van der Waals surface area contributed by atoms with E-state index >= 15 is 0 Å². The highest BCUT2D eigenvalue weighted by molar-refractivity contribution is 5.54. The van der Waals surface area contributed by atoms with Crippen molar-refractivity contribution in [1.82, 2.24) is 15.5 Å². The molecule has 1 aromatic heterocycles. The standard InChI is InChI=1S/C17H23N3O/c1-11(2)13-6-8-14(9-7-13)16-19-17(21-20-16)15-12(3)5-4-10-18-15/h6-9,11-12,15,18H,4-5,10H2,1-3H3. The molecule has 112 valence electrons. The molecule has 2 atom stereocenters. The third-order valence-corrected chi connectivity index (χ3v) is 4.31. The van der Waals surface area contributed by atoms with Crippen LogP contribution in [0.15, 0.2) is 28.8 Å². The molecular formula is C17H23N3O. The molecule has 0 bridgehead atoms. The second kappa shape index (κ2) is 5.98. The van der Waals surface area contributed by atoms with E-state index in [1.807, 2.05) is 0 Å². The van der Waals surface area contributed by atoms with Crippen LogP contribution in [0.4, 0.5) is 0 Å². The first-order chi connectivity index (χ1) is 10.1. The van der Waals surface area contributed by atoms with Crippen LogP contribution in [-0.4, -0.2) is 16.7 Å². The lowest BCUT2D eigenvalue weighted by molar-refractivity contribution is 0.239. The maximum atomic E-state index is 5.48. The summed E-state index contributed by atoms with van der Waals surface area (Å²) in [5.41, 5.74) is 2.34. The van der Waals surface area contributed by atoms with E-state index in [1.54, 1.807) is 0 Å². The predicted molar refractivity (Wildman–Crippen MR) is 83.0 cm³/mol. The van der Waals surface area contributed by atoms with Gasteiger partial charge in [0.25, 0.3) is 0 Å². The summed E-state index contributed by atoms with van der Waals surface area (Å²) in [4.78, 5) is 4.59. The van der Waals surface area contributed by atoms with Gasteiger partial charge in [-0.05, 0) is 36.8 Å². The van der Waals surface area contributed by atoms with Gasteiger partial charge in [0, 0.05) is 5.56 Å². The summed E-state index contributed by atoms with van der Waals surface area (Å²) in [6.45, 7) is 7.64. The van der Waals surface area contributed by atoms with Crippen LogP contribution in [0.1, 0.15) is 57.0 Å². The van der Waals surface area contributed by atoms with Gasteiger partial charge in [-0.15, -0.1) is 0 Å². The molecule has 21 heavy (non-hydrogen) atoms. The van der Waals surface area contributed by atoms with Crippen LogP contribution in [0.25, 0.3) is 11.4 Å². The summed E-state index contributed by atoms with van der Waals surface area (Å²) in [7, 11) is 0. The molecule has 2 aromatic rings. The van der Waals surface area contributed by atoms with Crippen LogP contribution in [0.2, 0.25) is 0 Å². The number of hydrogen-bond acceptors (Lipinski definition) is 4. The quantitative estimate of drug-likeness (QED) is 0.928. The van der Waals surface area contributed by atoms with Gasteiger partial charge >= 0.3 is 0 Å². The number of nitrogens with zero attached hydrogens (tertiary/aromatic N) is 2. The molecule has 0 radical (unpaired) electrons. The van der Waals surface area contributed by atoms with E-state index in [0.29, 0.717) is 23.6 Å². The topological polar surface area (TPSA) is 51.0 Å². The molecule has 0 amide bonds. The zero-order valence-electron chi connectivity index (χ0n) is 13.0. The summed E-state index contributed by atoms with van der Waals surface area (Å²) < 4.78 is 5.48. The van der Waals surface area contributed by atoms with Gasteiger partial charge in [0.1, 0.15) is 0 Å². The molecule has 4 heteroatoms. The molecule has 2 unspecified atom stereocenters. The highest BCUT2D eigenvalue weighted by Gasteiger charge is 2.27. The normalized spacial score (nSPS) is 22.7. The minimum absolute atomic E-state index is 0.190. The highest BCUT2D eigenvalue weighted by Crippen LogP contribution is 2.29. The van der Waals surface area contributed by atoms with Crippen molar-refractivity contribution >= 4 is 0 Å². The maximum absolute atomic E-state index is 5.48. The number of benzene rings is 1. The van der Waals surface area contributed by atoms with Crippen molar-refractivity contribution in [1.29, 1.82) is 0 Å². The largest absolute Gasteiger partial charge is 0.337 e.